The number of hydrogen-bond acceptors (Lipinski definition) is 4. The van der Waals surface area contributed by atoms with Crippen LogP contribution in [0.5, 0.6) is 0 Å². The molecular weight excluding hydrogens is 318 g/mol. The topological polar surface area (TPSA) is 93.4 Å². The second kappa shape index (κ2) is 8.96. The molecule has 0 aliphatic carbocycles. The normalized spacial score (nSPS) is 11.6. The minimum absolute atomic E-state index is 0.174. The van der Waals surface area contributed by atoms with Gasteiger partial charge in [0.05, 0.1) is 12.5 Å². The van der Waals surface area contributed by atoms with Gasteiger partial charge in [0, 0.05) is 30.6 Å². The first-order chi connectivity index (χ1) is 12.0. The number of ether oxygens (including phenoxy) is 1. The molecule has 0 saturated carbocycles. The molecule has 132 valence electrons. The van der Waals surface area contributed by atoms with E-state index in [1.54, 1.807) is 36.4 Å². The predicted molar refractivity (Wildman–Crippen MR) is 98.7 cm³/mol. The molecule has 0 saturated heterocycles. The summed E-state index contributed by atoms with van der Waals surface area (Å²) >= 11 is 0. The Morgan fingerprint density at radius 3 is 2.48 bits per heavy atom. The number of nitrogens with one attached hydrogen (secondary N) is 2. The zero-order valence-electron chi connectivity index (χ0n) is 14.4. The molecule has 0 aliphatic heterocycles. The van der Waals surface area contributed by atoms with Gasteiger partial charge >= 0.3 is 0 Å². The molecule has 1 unspecified atom stereocenters. The Kier molecular flexibility index (Phi) is 6.68. The summed E-state index contributed by atoms with van der Waals surface area (Å²) in [7, 11) is 1.52. The molecule has 6 nitrogen and oxygen atoms in total. The number of aryl methyl sites for hydroxylation is 1. The van der Waals surface area contributed by atoms with E-state index in [1.165, 1.54) is 7.11 Å². The van der Waals surface area contributed by atoms with Crippen molar-refractivity contribution in [3.63, 3.8) is 0 Å². The zero-order valence-corrected chi connectivity index (χ0v) is 14.4. The summed E-state index contributed by atoms with van der Waals surface area (Å²) in [6.07, 6.45) is -0.145. The summed E-state index contributed by atoms with van der Waals surface area (Å²) in [5.74, 6) is -0.392. The van der Waals surface area contributed by atoms with Gasteiger partial charge < -0.3 is 21.1 Å². The number of carbonyl (C=O) groups excluding carboxylic acids is 2. The molecular formula is C19H23N3O3. The Morgan fingerprint density at radius 2 is 1.84 bits per heavy atom. The van der Waals surface area contributed by atoms with Crippen molar-refractivity contribution in [1.82, 2.24) is 0 Å². The summed E-state index contributed by atoms with van der Waals surface area (Å²) in [5, 5.41) is 5.66. The van der Waals surface area contributed by atoms with Crippen LogP contribution in [0.25, 0.3) is 0 Å². The molecule has 2 rings (SSSR count). The minimum atomic E-state index is -0.318. The maximum absolute atomic E-state index is 12.2. The molecule has 0 aromatic heterocycles. The lowest BCUT2D eigenvalue weighted by Gasteiger charge is -2.15. The van der Waals surface area contributed by atoms with Crippen LogP contribution in [0, 0.1) is 6.92 Å². The third-order valence-corrected chi connectivity index (χ3v) is 3.81. The summed E-state index contributed by atoms with van der Waals surface area (Å²) in [4.78, 5) is 24.3. The second-order valence-corrected chi connectivity index (χ2v) is 5.70. The standard InChI is InChI=1S/C19H23N3O3/c1-13-8-9-15(21-19(24)14-6-4-3-5-7-14)10-17(13)22-18(23)11-16(12-20)25-2/h3-10,16H,11-12,20H2,1-2H3,(H,21,24)(H,22,23). The van der Waals surface area contributed by atoms with E-state index in [0.717, 1.165) is 5.56 Å². The van der Waals surface area contributed by atoms with Gasteiger partial charge in [0.2, 0.25) is 5.91 Å². The Labute approximate surface area is 147 Å². The second-order valence-electron chi connectivity index (χ2n) is 5.70. The summed E-state index contributed by atoms with van der Waals surface area (Å²) in [5.41, 5.74) is 8.25. The molecule has 0 aliphatic rings. The molecule has 2 aromatic carbocycles. The van der Waals surface area contributed by atoms with Crippen molar-refractivity contribution in [2.24, 2.45) is 5.73 Å². The molecule has 25 heavy (non-hydrogen) atoms. The molecule has 0 heterocycles. The van der Waals surface area contributed by atoms with Crippen LogP contribution >= 0.6 is 0 Å². The van der Waals surface area contributed by atoms with E-state index >= 15 is 0 Å². The van der Waals surface area contributed by atoms with Crippen LogP contribution in [0.1, 0.15) is 22.3 Å². The average molecular weight is 341 g/mol. The van der Waals surface area contributed by atoms with Crippen molar-refractivity contribution in [2.45, 2.75) is 19.4 Å². The van der Waals surface area contributed by atoms with Gasteiger partial charge in [-0.1, -0.05) is 24.3 Å². The SMILES string of the molecule is COC(CN)CC(=O)Nc1cc(NC(=O)c2ccccc2)ccc1C. The van der Waals surface area contributed by atoms with Crippen LogP contribution in [-0.2, 0) is 9.53 Å². The number of hydrogen-bond donors (Lipinski definition) is 3. The Morgan fingerprint density at radius 1 is 1.12 bits per heavy atom. The monoisotopic (exact) mass is 341 g/mol. The van der Waals surface area contributed by atoms with E-state index in [-0.39, 0.29) is 30.9 Å². The highest BCUT2D eigenvalue weighted by Crippen LogP contribution is 2.21. The molecule has 4 N–H and O–H groups in total. The van der Waals surface area contributed by atoms with Gasteiger partial charge in [-0.15, -0.1) is 0 Å². The quantitative estimate of drug-likeness (QED) is 0.721. The number of amides is 2. The van der Waals surface area contributed by atoms with E-state index in [0.29, 0.717) is 16.9 Å². The summed E-state index contributed by atoms with van der Waals surface area (Å²) in [6.45, 7) is 2.16. The average Bonchev–Trinajstić information content (AvgIpc) is 2.63. The number of methoxy groups -OCH3 is 1. The lowest BCUT2D eigenvalue weighted by atomic mass is 10.1. The fourth-order valence-electron chi connectivity index (χ4n) is 2.30. The van der Waals surface area contributed by atoms with Crippen molar-refractivity contribution in [3.05, 3.63) is 59.7 Å². The molecule has 0 fully saturated rings. The molecule has 0 radical (unpaired) electrons. The highest BCUT2D eigenvalue weighted by molar-refractivity contribution is 6.04. The van der Waals surface area contributed by atoms with Gasteiger partial charge in [0.25, 0.3) is 5.91 Å². The lowest BCUT2D eigenvalue weighted by molar-refractivity contribution is -0.118. The predicted octanol–water partition coefficient (Wildman–Crippen LogP) is 2.55. The fraction of sp³-hybridized carbons (Fsp3) is 0.263. The van der Waals surface area contributed by atoms with Crippen LogP contribution in [0.2, 0.25) is 0 Å². The lowest BCUT2D eigenvalue weighted by Crippen LogP contribution is -2.28. The third-order valence-electron chi connectivity index (χ3n) is 3.81. The fourth-order valence-corrected chi connectivity index (χ4v) is 2.30. The third kappa shape index (κ3) is 5.41. The molecule has 1 atom stereocenters. The Bertz CT molecular complexity index is 728. The first-order valence-corrected chi connectivity index (χ1v) is 8.03. The van der Waals surface area contributed by atoms with Gasteiger partial charge in [0.1, 0.15) is 0 Å². The Balaban J connectivity index is 2.07. The Hall–Kier alpha value is -2.70. The van der Waals surface area contributed by atoms with Crippen LogP contribution < -0.4 is 16.4 Å². The van der Waals surface area contributed by atoms with Gasteiger partial charge in [-0.05, 0) is 36.8 Å². The van der Waals surface area contributed by atoms with E-state index in [4.69, 9.17) is 10.5 Å². The van der Waals surface area contributed by atoms with Crippen molar-refractivity contribution in [1.29, 1.82) is 0 Å². The maximum Gasteiger partial charge on any atom is 0.255 e. The minimum Gasteiger partial charge on any atom is -0.380 e. The van der Waals surface area contributed by atoms with Crippen molar-refractivity contribution >= 4 is 23.2 Å². The van der Waals surface area contributed by atoms with Crippen LogP contribution in [0.4, 0.5) is 11.4 Å². The first kappa shape index (κ1) is 18.6. The molecule has 6 heteroatoms. The number of carbonyl (C=O) groups is 2. The number of benzene rings is 2. The van der Waals surface area contributed by atoms with Crippen LogP contribution in [0.15, 0.2) is 48.5 Å². The van der Waals surface area contributed by atoms with E-state index in [1.807, 2.05) is 19.1 Å². The molecule has 2 aromatic rings. The maximum atomic E-state index is 12.2. The largest absolute Gasteiger partial charge is 0.380 e. The van der Waals surface area contributed by atoms with E-state index < -0.39 is 0 Å². The van der Waals surface area contributed by atoms with E-state index in [2.05, 4.69) is 10.6 Å². The summed E-state index contributed by atoms with van der Waals surface area (Å²) < 4.78 is 5.12. The van der Waals surface area contributed by atoms with Crippen molar-refractivity contribution < 1.29 is 14.3 Å². The van der Waals surface area contributed by atoms with Gasteiger partial charge in [-0.3, -0.25) is 9.59 Å². The highest BCUT2D eigenvalue weighted by Gasteiger charge is 2.13. The first-order valence-electron chi connectivity index (χ1n) is 8.03. The van der Waals surface area contributed by atoms with Crippen molar-refractivity contribution in [3.8, 4) is 0 Å². The van der Waals surface area contributed by atoms with Gasteiger partial charge in [-0.2, -0.15) is 0 Å². The molecule has 0 spiro atoms. The van der Waals surface area contributed by atoms with Crippen molar-refractivity contribution in [2.75, 3.05) is 24.3 Å². The molecule has 2 amide bonds. The highest BCUT2D eigenvalue weighted by atomic mass is 16.5. The number of nitrogens with two attached hydrogens (primary N) is 1. The smallest absolute Gasteiger partial charge is 0.255 e. The number of rotatable bonds is 7. The van der Waals surface area contributed by atoms with Crippen LogP contribution in [-0.4, -0.2) is 31.6 Å². The van der Waals surface area contributed by atoms with E-state index in [9.17, 15) is 9.59 Å². The van der Waals surface area contributed by atoms with Gasteiger partial charge in [0.15, 0.2) is 0 Å². The molecule has 0 bridgehead atoms. The zero-order chi connectivity index (χ0) is 18.2. The summed E-state index contributed by atoms with van der Waals surface area (Å²) in [6, 6.07) is 14.3. The van der Waals surface area contributed by atoms with Crippen LogP contribution in [0.3, 0.4) is 0 Å². The number of anilines is 2. The van der Waals surface area contributed by atoms with Gasteiger partial charge in [-0.25, -0.2) is 0 Å².